The molecule has 2 unspecified atom stereocenters. The third kappa shape index (κ3) is 13.2. The second-order valence-corrected chi connectivity index (χ2v) is 15.9. The van der Waals surface area contributed by atoms with E-state index in [-0.39, 0.29) is 31.4 Å². The number of aliphatic carboxylic acids is 1. The predicted octanol–water partition coefficient (Wildman–Crippen LogP) is 1.21. The lowest BCUT2D eigenvalue weighted by molar-refractivity contribution is -0.139. The third-order valence-corrected chi connectivity index (χ3v) is 11.1. The summed E-state index contributed by atoms with van der Waals surface area (Å²) in [4.78, 5) is 94.1. The van der Waals surface area contributed by atoms with Gasteiger partial charge in [0.1, 0.15) is 30.0 Å². The molecule has 1 fully saturated rings. The number of aromatic amines is 1. The van der Waals surface area contributed by atoms with E-state index in [2.05, 4.69) is 42.2 Å². The number of amides is 5. The largest absolute Gasteiger partial charge is 0.480 e. The van der Waals surface area contributed by atoms with Gasteiger partial charge < -0.3 is 46.9 Å². The zero-order valence-electron chi connectivity index (χ0n) is 32.2. The Bertz CT molecular complexity index is 2150. The Hall–Kier alpha value is -5.15. The molecule has 0 radical (unpaired) electrons. The van der Waals surface area contributed by atoms with Crippen molar-refractivity contribution in [3.05, 3.63) is 114 Å². The molecule has 9 N–H and O–H groups in total. The monoisotopic (exact) mass is 920 g/mol. The first-order chi connectivity index (χ1) is 28.0. The van der Waals surface area contributed by atoms with Gasteiger partial charge in [-0.15, -0.1) is 0 Å². The number of carboxylic acids is 1. The molecule has 1 aliphatic heterocycles. The van der Waals surface area contributed by atoms with Crippen molar-refractivity contribution in [3.63, 3.8) is 0 Å². The molecular weight excluding hydrogens is 876 g/mol. The maximum absolute atomic E-state index is 14.0. The number of rotatable bonds is 18. The molecule has 0 spiro atoms. The first kappa shape index (κ1) is 46.5. The highest BCUT2D eigenvalue weighted by Crippen LogP contribution is 2.30. The summed E-state index contributed by atoms with van der Waals surface area (Å²) in [5.41, 5.74) is 6.15. The van der Waals surface area contributed by atoms with Gasteiger partial charge in [0.15, 0.2) is 0 Å². The number of carboxylic acid groups (broad SMARTS) is 1. The van der Waals surface area contributed by atoms with E-state index in [0.717, 1.165) is 23.0 Å². The summed E-state index contributed by atoms with van der Waals surface area (Å²) >= 11 is 10.9. The summed E-state index contributed by atoms with van der Waals surface area (Å²) in [7, 11) is 1.41. The number of nitrogens with zero attached hydrogens (tertiary/aromatic N) is 2. The molecular formula is C38H46BrClN8O10S. The number of carbonyl (C=O) groups excluding carboxylic acids is 4. The molecule has 1 aliphatic rings. The lowest BCUT2D eigenvalue weighted by Gasteiger charge is -2.34. The van der Waals surface area contributed by atoms with E-state index in [1.54, 1.807) is 54.8 Å². The number of H-pyrrole nitrogens is 1. The van der Waals surface area contributed by atoms with Gasteiger partial charge in [0.05, 0.1) is 12.1 Å². The lowest BCUT2D eigenvalue weighted by atomic mass is 10.0. The van der Waals surface area contributed by atoms with Crippen LogP contribution in [0.15, 0.2) is 86.8 Å². The maximum atomic E-state index is 14.0. The van der Waals surface area contributed by atoms with E-state index in [4.69, 9.17) is 22.1 Å². The number of nitrogens with one attached hydrogen (secondary N) is 5. The molecule has 0 saturated carbocycles. The molecule has 7 atom stereocenters. The van der Waals surface area contributed by atoms with Crippen LogP contribution in [0, 0.1) is 0 Å². The fourth-order valence-corrected chi connectivity index (χ4v) is 7.22. The number of aromatic nitrogens is 2. The van der Waals surface area contributed by atoms with Crippen LogP contribution in [-0.4, -0.2) is 110 Å². The van der Waals surface area contributed by atoms with Gasteiger partial charge in [-0.25, -0.2) is 14.4 Å². The van der Waals surface area contributed by atoms with Gasteiger partial charge in [-0.05, 0) is 61.1 Å². The van der Waals surface area contributed by atoms with Gasteiger partial charge in [-0.3, -0.25) is 28.7 Å². The number of hydrogen-bond acceptors (Lipinski definition) is 11. The van der Waals surface area contributed by atoms with Crippen molar-refractivity contribution in [1.29, 1.82) is 0 Å². The number of benzene rings is 2. The van der Waals surface area contributed by atoms with Crippen LogP contribution in [-0.2, 0) is 36.8 Å². The highest BCUT2D eigenvalue weighted by molar-refractivity contribution is 9.10. The Morgan fingerprint density at radius 2 is 1.78 bits per heavy atom. The number of nitrogens with two attached hydrogens (primary N) is 1. The summed E-state index contributed by atoms with van der Waals surface area (Å²) in [5.74, 6) is -3.10. The quantitative estimate of drug-likeness (QED) is 0.0896. The Kier molecular flexibility index (Phi) is 17.1. The number of urea groups is 1. The number of aliphatic hydroxyl groups excluding tert-OH is 1. The van der Waals surface area contributed by atoms with Crippen molar-refractivity contribution in [2.45, 2.75) is 75.1 Å². The molecule has 5 amide bonds. The van der Waals surface area contributed by atoms with Crippen molar-refractivity contribution < 1.29 is 38.9 Å². The highest BCUT2D eigenvalue weighted by Gasteiger charge is 2.37. The van der Waals surface area contributed by atoms with Crippen LogP contribution >= 0.6 is 39.3 Å². The number of halogens is 2. The molecule has 59 heavy (non-hydrogen) atoms. The van der Waals surface area contributed by atoms with Gasteiger partial charge in [-0.2, -0.15) is 11.8 Å². The summed E-state index contributed by atoms with van der Waals surface area (Å²) in [6.07, 6.45) is 1.57. The molecule has 0 aliphatic carbocycles. The maximum Gasteiger partial charge on any atom is 0.331 e. The number of aliphatic hydroxyl groups is 1. The van der Waals surface area contributed by atoms with Gasteiger partial charge in [-0.1, -0.05) is 57.9 Å². The first-order valence-electron chi connectivity index (χ1n) is 18.2. The minimum atomic E-state index is -1.49. The number of ether oxygens (including phenoxy) is 1. The summed E-state index contributed by atoms with van der Waals surface area (Å²) in [6, 6.07) is 7.61. The fraction of sp³-hybridized carbons (Fsp3) is 0.395. The van der Waals surface area contributed by atoms with E-state index >= 15 is 0 Å². The Morgan fingerprint density at radius 1 is 1.07 bits per heavy atom. The highest BCUT2D eigenvalue weighted by atomic mass is 79.9. The van der Waals surface area contributed by atoms with Crippen molar-refractivity contribution in [2.24, 2.45) is 5.73 Å². The molecule has 0 bridgehead atoms. The van der Waals surface area contributed by atoms with Crippen molar-refractivity contribution >= 4 is 69.0 Å². The number of hydrogen-bond donors (Lipinski definition) is 8. The van der Waals surface area contributed by atoms with Crippen LogP contribution in [0.25, 0.3) is 0 Å². The molecule has 3 aromatic rings. The Morgan fingerprint density at radius 3 is 2.44 bits per heavy atom. The zero-order valence-corrected chi connectivity index (χ0v) is 35.4. The topological polar surface area (TPSA) is 267 Å². The summed E-state index contributed by atoms with van der Waals surface area (Å²) in [6.45, 7) is 1.51. The molecule has 2 heterocycles. The Balaban J connectivity index is 1.55. The molecule has 21 heteroatoms. The molecule has 318 valence electrons. The molecule has 1 aromatic heterocycles. The predicted molar refractivity (Wildman–Crippen MR) is 223 cm³/mol. The summed E-state index contributed by atoms with van der Waals surface area (Å²) in [5, 5.41) is 31.1. The fourth-order valence-electron chi connectivity index (χ4n) is 6.09. The van der Waals surface area contributed by atoms with Crippen LogP contribution < -0.4 is 38.2 Å². The van der Waals surface area contributed by atoms with Crippen LogP contribution in [0.5, 0.6) is 0 Å². The Labute approximate surface area is 356 Å². The minimum absolute atomic E-state index is 0.0476. The standard InChI is InChI=1S/C38H46BrClN8O10S/c1-20(47(2)34(53)26(41)16-21-7-6-9-23(40)15-21)31(33(52)42-19-24-18-29(49)35(58-24)48-13-11-30(50)45-38(48)57)46-32(51)27(12-14-59-3)43-37(56)44-28(36(54)55)17-22-8-4-5-10-25(22)39/h4-11,13,15,19-20,26-29,31,35,49H,12,14,16-18,41H2,1-3H3,(H,42,52)(H,46,51)(H,54,55)(H2,43,44,56)(H,45,50,57)/b24-19+/t20?,26-,27+,28?,29+,31-,35+/m0/s1. The van der Waals surface area contributed by atoms with Crippen LogP contribution in [0.2, 0.25) is 5.02 Å². The number of likely N-dealkylation sites (N-methyl/N-ethyl adjacent to an activating group) is 1. The molecule has 18 nitrogen and oxygen atoms in total. The van der Waals surface area contributed by atoms with Crippen molar-refractivity contribution in [3.8, 4) is 0 Å². The first-order valence-corrected chi connectivity index (χ1v) is 20.8. The average molecular weight is 922 g/mol. The lowest BCUT2D eigenvalue weighted by Crippen LogP contribution is -2.62. The minimum Gasteiger partial charge on any atom is -0.480 e. The van der Waals surface area contributed by atoms with Crippen molar-refractivity contribution in [1.82, 2.24) is 35.7 Å². The van der Waals surface area contributed by atoms with Gasteiger partial charge in [0, 0.05) is 47.8 Å². The van der Waals surface area contributed by atoms with Gasteiger partial charge >= 0.3 is 17.7 Å². The third-order valence-electron chi connectivity index (χ3n) is 9.41. The van der Waals surface area contributed by atoms with E-state index in [9.17, 15) is 43.8 Å². The number of thioether (sulfide) groups is 1. The number of carbonyl (C=O) groups is 5. The van der Waals surface area contributed by atoms with E-state index < -0.39 is 83.5 Å². The van der Waals surface area contributed by atoms with Crippen molar-refractivity contribution in [2.75, 3.05) is 19.1 Å². The van der Waals surface area contributed by atoms with Crippen LogP contribution in [0.3, 0.4) is 0 Å². The zero-order chi connectivity index (χ0) is 43.4. The molecule has 4 rings (SSSR count). The second-order valence-electron chi connectivity index (χ2n) is 13.7. The van der Waals surface area contributed by atoms with Gasteiger partial charge in [0.2, 0.25) is 23.9 Å². The van der Waals surface area contributed by atoms with Crippen LogP contribution in [0.1, 0.15) is 37.1 Å². The van der Waals surface area contributed by atoms with E-state index in [1.165, 1.54) is 30.6 Å². The van der Waals surface area contributed by atoms with E-state index in [0.29, 0.717) is 26.4 Å². The summed E-state index contributed by atoms with van der Waals surface area (Å²) < 4.78 is 7.33. The molecule has 2 aromatic carbocycles. The second kappa shape index (κ2) is 21.7. The van der Waals surface area contributed by atoms with E-state index in [1.807, 2.05) is 0 Å². The SMILES string of the molecule is CSCC[C@@H](NC(=O)NC(Cc1ccccc1Br)C(=O)O)C(=O)N[C@H](C(=O)N/C=C1\C[C@@H](O)[C@H](n2ccc(=O)[nH]c2=O)O1)C(C)N(C)C(=O)[C@@H](N)Cc1cccc(Cl)c1. The normalized spacial score (nSPS) is 18.1. The smallest absolute Gasteiger partial charge is 0.331 e. The van der Waals surface area contributed by atoms with Gasteiger partial charge in [0.25, 0.3) is 5.56 Å². The van der Waals surface area contributed by atoms with Crippen LogP contribution in [0.4, 0.5) is 4.79 Å². The molecule has 1 saturated heterocycles. The average Bonchev–Trinajstić information content (AvgIpc) is 3.56.